The van der Waals surface area contributed by atoms with E-state index < -0.39 is 0 Å². The maximum atomic E-state index is 3.67. The summed E-state index contributed by atoms with van der Waals surface area (Å²) in [7, 11) is 0. The average molecular weight is 270 g/mol. The van der Waals surface area contributed by atoms with E-state index in [9.17, 15) is 0 Å². The Bertz CT molecular complexity index is 257. The van der Waals surface area contributed by atoms with E-state index in [4.69, 9.17) is 0 Å². The molecule has 0 spiro atoms. The number of hydrogen-bond acceptors (Lipinski definition) is 3. The monoisotopic (exact) mass is 270 g/mol. The minimum absolute atomic E-state index is 0.657. The first-order valence-corrected chi connectivity index (χ1v) is 8.94. The largest absolute Gasteiger partial charge is 0.311 e. The van der Waals surface area contributed by atoms with Crippen molar-refractivity contribution in [3.63, 3.8) is 0 Å². The Hall–Kier alpha value is 0.270. The second-order valence-electron chi connectivity index (χ2n) is 6.44. The molecule has 1 aliphatic carbocycles. The van der Waals surface area contributed by atoms with Crippen molar-refractivity contribution in [3.8, 4) is 0 Å². The Morgan fingerprint density at radius 2 is 1.94 bits per heavy atom. The van der Waals surface area contributed by atoms with Gasteiger partial charge in [-0.2, -0.15) is 11.8 Å². The zero-order valence-corrected chi connectivity index (χ0v) is 13.3. The third-order valence-electron chi connectivity index (χ3n) is 4.75. The minimum Gasteiger partial charge on any atom is -0.311 e. The molecule has 2 fully saturated rings. The number of hydrogen-bond donors (Lipinski definition) is 1. The van der Waals surface area contributed by atoms with Crippen molar-refractivity contribution in [2.24, 2.45) is 5.92 Å². The standard InChI is InChI=1S/C15H30N2S/c1-11(2)14-9-16-12(3)10-17(14)13-7-5-6-8-15(13)18-4/h11-16H,5-10H2,1-4H3. The van der Waals surface area contributed by atoms with Crippen LogP contribution >= 0.6 is 11.8 Å². The zero-order chi connectivity index (χ0) is 13.1. The van der Waals surface area contributed by atoms with Crippen molar-refractivity contribution < 1.29 is 0 Å². The van der Waals surface area contributed by atoms with E-state index in [1.165, 1.54) is 38.8 Å². The van der Waals surface area contributed by atoms with Gasteiger partial charge in [0.05, 0.1) is 0 Å². The summed E-state index contributed by atoms with van der Waals surface area (Å²) < 4.78 is 0. The van der Waals surface area contributed by atoms with Crippen LogP contribution in [0.25, 0.3) is 0 Å². The summed E-state index contributed by atoms with van der Waals surface area (Å²) in [6.07, 6.45) is 8.02. The normalized spacial score (nSPS) is 39.2. The molecule has 2 aliphatic rings. The lowest BCUT2D eigenvalue weighted by molar-refractivity contribution is 0.0454. The Morgan fingerprint density at radius 3 is 2.61 bits per heavy atom. The van der Waals surface area contributed by atoms with Gasteiger partial charge in [-0.1, -0.05) is 26.7 Å². The fraction of sp³-hybridized carbons (Fsp3) is 1.00. The zero-order valence-electron chi connectivity index (χ0n) is 12.5. The molecule has 4 atom stereocenters. The van der Waals surface area contributed by atoms with Crippen LogP contribution in [0.5, 0.6) is 0 Å². The van der Waals surface area contributed by atoms with Crippen molar-refractivity contribution in [2.75, 3.05) is 19.3 Å². The molecule has 0 bridgehead atoms. The van der Waals surface area contributed by atoms with Gasteiger partial charge >= 0.3 is 0 Å². The molecule has 1 saturated carbocycles. The van der Waals surface area contributed by atoms with Crippen LogP contribution < -0.4 is 5.32 Å². The van der Waals surface area contributed by atoms with E-state index >= 15 is 0 Å². The molecule has 0 aromatic rings. The second kappa shape index (κ2) is 6.62. The fourth-order valence-corrected chi connectivity index (χ4v) is 4.70. The van der Waals surface area contributed by atoms with E-state index in [2.05, 4.69) is 49.0 Å². The third kappa shape index (κ3) is 3.23. The number of thioether (sulfide) groups is 1. The van der Waals surface area contributed by atoms with Crippen LogP contribution in [0.2, 0.25) is 0 Å². The Labute approximate surface area is 117 Å². The van der Waals surface area contributed by atoms with Crippen LogP contribution in [0.4, 0.5) is 0 Å². The molecule has 2 nitrogen and oxygen atoms in total. The number of nitrogens with one attached hydrogen (secondary N) is 1. The predicted molar refractivity (Wildman–Crippen MR) is 82.4 cm³/mol. The van der Waals surface area contributed by atoms with E-state index in [0.717, 1.165) is 23.3 Å². The molecule has 0 amide bonds. The highest BCUT2D eigenvalue weighted by Crippen LogP contribution is 2.33. The van der Waals surface area contributed by atoms with Crippen molar-refractivity contribution >= 4 is 11.8 Å². The number of rotatable bonds is 3. The lowest BCUT2D eigenvalue weighted by atomic mass is 9.89. The molecule has 2 rings (SSSR count). The van der Waals surface area contributed by atoms with Gasteiger partial charge in [0, 0.05) is 36.5 Å². The van der Waals surface area contributed by atoms with Gasteiger partial charge in [0.2, 0.25) is 0 Å². The molecular formula is C15H30N2S. The molecule has 1 N–H and O–H groups in total. The summed E-state index contributed by atoms with van der Waals surface area (Å²) >= 11 is 2.10. The van der Waals surface area contributed by atoms with Gasteiger partial charge in [-0.15, -0.1) is 0 Å². The summed E-state index contributed by atoms with van der Waals surface area (Å²) in [5.74, 6) is 0.759. The van der Waals surface area contributed by atoms with Gasteiger partial charge < -0.3 is 5.32 Å². The smallest absolute Gasteiger partial charge is 0.0247 e. The molecule has 1 aliphatic heterocycles. The highest BCUT2D eigenvalue weighted by molar-refractivity contribution is 7.99. The van der Waals surface area contributed by atoms with E-state index in [0.29, 0.717) is 6.04 Å². The maximum absolute atomic E-state index is 3.67. The second-order valence-corrected chi connectivity index (χ2v) is 7.52. The third-order valence-corrected chi connectivity index (χ3v) is 5.91. The van der Waals surface area contributed by atoms with Crippen LogP contribution in [0.15, 0.2) is 0 Å². The Kier molecular flexibility index (Phi) is 5.40. The molecular weight excluding hydrogens is 240 g/mol. The summed E-state index contributed by atoms with van der Waals surface area (Å²) in [5.41, 5.74) is 0. The fourth-order valence-electron chi connectivity index (χ4n) is 3.69. The van der Waals surface area contributed by atoms with Gasteiger partial charge in [-0.3, -0.25) is 4.90 Å². The van der Waals surface area contributed by atoms with Gasteiger partial charge in [0.25, 0.3) is 0 Å². The molecule has 106 valence electrons. The lowest BCUT2D eigenvalue weighted by Crippen LogP contribution is -2.62. The Balaban J connectivity index is 2.10. The van der Waals surface area contributed by atoms with Crippen LogP contribution in [0, 0.1) is 5.92 Å². The minimum atomic E-state index is 0.657. The van der Waals surface area contributed by atoms with Crippen LogP contribution in [-0.4, -0.2) is 47.6 Å². The molecule has 0 radical (unpaired) electrons. The lowest BCUT2D eigenvalue weighted by Gasteiger charge is -2.49. The number of piperazine rings is 1. The van der Waals surface area contributed by atoms with Gasteiger partial charge in [0.15, 0.2) is 0 Å². The van der Waals surface area contributed by atoms with E-state index in [-0.39, 0.29) is 0 Å². The van der Waals surface area contributed by atoms with E-state index in [1.54, 1.807) is 0 Å². The molecule has 0 aromatic carbocycles. The van der Waals surface area contributed by atoms with Crippen molar-refractivity contribution in [1.82, 2.24) is 10.2 Å². The van der Waals surface area contributed by atoms with Crippen LogP contribution in [0.1, 0.15) is 46.5 Å². The molecule has 1 heterocycles. The van der Waals surface area contributed by atoms with Gasteiger partial charge in [0.1, 0.15) is 0 Å². The van der Waals surface area contributed by atoms with Crippen LogP contribution in [0.3, 0.4) is 0 Å². The average Bonchev–Trinajstić information content (AvgIpc) is 2.38. The Morgan fingerprint density at radius 1 is 1.22 bits per heavy atom. The molecule has 3 heteroatoms. The van der Waals surface area contributed by atoms with Gasteiger partial charge in [-0.05, 0) is 31.9 Å². The molecule has 0 aromatic heterocycles. The highest BCUT2D eigenvalue weighted by atomic mass is 32.2. The van der Waals surface area contributed by atoms with Crippen LogP contribution in [-0.2, 0) is 0 Å². The summed E-state index contributed by atoms with van der Waals surface area (Å²) in [6, 6.07) is 2.22. The first-order valence-electron chi connectivity index (χ1n) is 7.65. The topological polar surface area (TPSA) is 15.3 Å². The highest BCUT2D eigenvalue weighted by Gasteiger charge is 2.37. The van der Waals surface area contributed by atoms with Crippen molar-refractivity contribution in [1.29, 1.82) is 0 Å². The number of nitrogens with zero attached hydrogens (tertiary/aromatic N) is 1. The summed E-state index contributed by atoms with van der Waals surface area (Å²) in [5, 5.41) is 4.53. The quantitative estimate of drug-likeness (QED) is 0.849. The molecule has 4 unspecified atom stereocenters. The first-order chi connectivity index (χ1) is 8.63. The summed E-state index contributed by atoms with van der Waals surface area (Å²) in [6.45, 7) is 9.51. The summed E-state index contributed by atoms with van der Waals surface area (Å²) in [4.78, 5) is 2.85. The maximum Gasteiger partial charge on any atom is 0.0247 e. The van der Waals surface area contributed by atoms with Gasteiger partial charge in [-0.25, -0.2) is 0 Å². The molecule has 18 heavy (non-hydrogen) atoms. The van der Waals surface area contributed by atoms with Crippen molar-refractivity contribution in [2.45, 2.75) is 69.8 Å². The SMILES string of the molecule is CSC1CCCCC1N1CC(C)NCC1C(C)C. The predicted octanol–water partition coefficient (Wildman–Crippen LogP) is 2.98. The molecule has 1 saturated heterocycles. The van der Waals surface area contributed by atoms with Crippen molar-refractivity contribution in [3.05, 3.63) is 0 Å². The first kappa shape index (κ1) is 14.7. The van der Waals surface area contributed by atoms with E-state index in [1.807, 2.05) is 0 Å².